The molecule has 0 radical (unpaired) electrons. The first-order valence-electron chi connectivity index (χ1n) is 5.38. The highest BCUT2D eigenvalue weighted by molar-refractivity contribution is 5.93. The molecule has 0 heterocycles. The second-order valence-corrected chi connectivity index (χ2v) is 3.37. The van der Waals surface area contributed by atoms with Crippen LogP contribution in [0.2, 0.25) is 0 Å². The van der Waals surface area contributed by atoms with Crippen LogP contribution in [0.3, 0.4) is 0 Å². The van der Waals surface area contributed by atoms with Crippen molar-refractivity contribution in [3.8, 4) is 5.75 Å². The van der Waals surface area contributed by atoms with Crippen molar-refractivity contribution in [2.45, 2.75) is 13.3 Å². The standard InChI is InChI=1S/C12H14N2O4/c1-2-18-10-5-3-9(4-6-10)8-13-14-11(15)7-12(16)17/h3-6,8H,2,7H2,1H3,(H,14,15)(H,16,17)/b13-8-. The van der Waals surface area contributed by atoms with Gasteiger partial charge in [0.2, 0.25) is 0 Å². The van der Waals surface area contributed by atoms with Crippen LogP contribution in [0, 0.1) is 0 Å². The van der Waals surface area contributed by atoms with Crippen LogP contribution in [0.15, 0.2) is 29.4 Å². The Bertz CT molecular complexity index is 440. The van der Waals surface area contributed by atoms with Crippen LogP contribution >= 0.6 is 0 Å². The first kappa shape index (κ1) is 13.7. The number of aliphatic carboxylic acids is 1. The second-order valence-electron chi connectivity index (χ2n) is 3.37. The number of carbonyl (C=O) groups excluding carboxylic acids is 1. The minimum atomic E-state index is -1.19. The molecule has 1 amide bonds. The average molecular weight is 250 g/mol. The number of carboxylic acids is 1. The lowest BCUT2D eigenvalue weighted by Gasteiger charge is -2.02. The highest BCUT2D eigenvalue weighted by Gasteiger charge is 2.04. The first-order chi connectivity index (χ1) is 8.61. The van der Waals surface area contributed by atoms with Crippen LogP contribution in [-0.4, -0.2) is 29.8 Å². The molecular weight excluding hydrogens is 236 g/mol. The van der Waals surface area contributed by atoms with E-state index in [-0.39, 0.29) is 0 Å². The number of carboxylic acid groups (broad SMARTS) is 1. The highest BCUT2D eigenvalue weighted by atomic mass is 16.5. The zero-order valence-electron chi connectivity index (χ0n) is 9.92. The van der Waals surface area contributed by atoms with Gasteiger partial charge in [0, 0.05) is 0 Å². The molecule has 0 saturated carbocycles. The number of nitrogens with zero attached hydrogens (tertiary/aromatic N) is 1. The topological polar surface area (TPSA) is 88.0 Å². The molecule has 1 rings (SSSR count). The van der Waals surface area contributed by atoms with Crippen LogP contribution < -0.4 is 10.2 Å². The van der Waals surface area contributed by atoms with E-state index < -0.39 is 18.3 Å². The zero-order valence-corrected chi connectivity index (χ0v) is 9.92. The van der Waals surface area contributed by atoms with Crippen molar-refractivity contribution in [3.63, 3.8) is 0 Å². The number of carbonyl (C=O) groups is 2. The van der Waals surface area contributed by atoms with Gasteiger partial charge in [-0.2, -0.15) is 5.10 Å². The smallest absolute Gasteiger partial charge is 0.312 e. The lowest BCUT2D eigenvalue weighted by Crippen LogP contribution is -2.20. The normalized spacial score (nSPS) is 10.3. The number of benzene rings is 1. The molecule has 6 heteroatoms. The molecule has 0 saturated heterocycles. The van der Waals surface area contributed by atoms with Gasteiger partial charge in [0.1, 0.15) is 12.2 Å². The Labute approximate surface area is 104 Å². The third-order valence-corrected chi connectivity index (χ3v) is 1.91. The fraction of sp³-hybridized carbons (Fsp3) is 0.250. The monoisotopic (exact) mass is 250 g/mol. The molecule has 0 aliphatic rings. The molecule has 96 valence electrons. The SMILES string of the molecule is CCOc1ccc(/C=N\NC(=O)CC(=O)O)cc1. The summed E-state index contributed by atoms with van der Waals surface area (Å²) < 4.78 is 5.27. The summed E-state index contributed by atoms with van der Waals surface area (Å²) in [6.45, 7) is 2.49. The molecule has 1 aromatic rings. The third-order valence-electron chi connectivity index (χ3n) is 1.91. The summed E-state index contributed by atoms with van der Waals surface area (Å²) in [5, 5.41) is 12.0. The Kier molecular flexibility index (Phi) is 5.37. The van der Waals surface area contributed by atoms with Crippen molar-refractivity contribution < 1.29 is 19.4 Å². The Morgan fingerprint density at radius 2 is 2.06 bits per heavy atom. The fourth-order valence-corrected chi connectivity index (χ4v) is 1.17. The molecular formula is C12H14N2O4. The maximum Gasteiger partial charge on any atom is 0.312 e. The van der Waals surface area contributed by atoms with Gasteiger partial charge in [-0.05, 0) is 36.8 Å². The summed E-state index contributed by atoms with van der Waals surface area (Å²) in [4.78, 5) is 21.2. The molecule has 0 aliphatic heterocycles. The van der Waals surface area contributed by atoms with E-state index in [1.165, 1.54) is 6.21 Å². The van der Waals surface area contributed by atoms with Gasteiger partial charge in [0.25, 0.3) is 5.91 Å². The summed E-state index contributed by atoms with van der Waals surface area (Å²) in [7, 11) is 0. The number of hydrogen-bond donors (Lipinski definition) is 2. The fourth-order valence-electron chi connectivity index (χ4n) is 1.17. The van der Waals surface area contributed by atoms with Crippen LogP contribution in [0.1, 0.15) is 18.9 Å². The van der Waals surface area contributed by atoms with Crippen LogP contribution in [0.5, 0.6) is 5.75 Å². The predicted molar refractivity (Wildman–Crippen MR) is 65.6 cm³/mol. The number of nitrogens with one attached hydrogen (secondary N) is 1. The Morgan fingerprint density at radius 3 is 2.61 bits per heavy atom. The summed E-state index contributed by atoms with van der Waals surface area (Å²) in [5.74, 6) is -1.10. The van der Waals surface area contributed by atoms with Gasteiger partial charge in [-0.1, -0.05) is 0 Å². The van der Waals surface area contributed by atoms with Gasteiger partial charge >= 0.3 is 5.97 Å². The maximum atomic E-state index is 11.0. The van der Waals surface area contributed by atoms with Crippen molar-refractivity contribution in [2.75, 3.05) is 6.61 Å². The van der Waals surface area contributed by atoms with Gasteiger partial charge in [-0.3, -0.25) is 9.59 Å². The quantitative estimate of drug-likeness (QED) is 0.448. The maximum absolute atomic E-state index is 11.0. The Balaban J connectivity index is 2.46. The van der Waals surface area contributed by atoms with E-state index in [4.69, 9.17) is 9.84 Å². The van der Waals surface area contributed by atoms with Crippen LogP contribution in [0.4, 0.5) is 0 Å². The second kappa shape index (κ2) is 7.05. The first-order valence-corrected chi connectivity index (χ1v) is 5.38. The number of rotatable bonds is 6. The minimum absolute atomic E-state index is 0.596. The molecule has 0 aliphatic carbocycles. The van der Waals surface area contributed by atoms with E-state index >= 15 is 0 Å². The molecule has 18 heavy (non-hydrogen) atoms. The van der Waals surface area contributed by atoms with E-state index in [9.17, 15) is 9.59 Å². The molecule has 0 aromatic heterocycles. The van der Waals surface area contributed by atoms with Crippen molar-refractivity contribution in [3.05, 3.63) is 29.8 Å². The Morgan fingerprint density at radius 1 is 1.39 bits per heavy atom. The summed E-state index contributed by atoms with van der Waals surface area (Å²) in [6, 6.07) is 7.11. The van der Waals surface area contributed by atoms with Gasteiger partial charge in [-0.25, -0.2) is 5.43 Å². The van der Waals surface area contributed by atoms with E-state index in [1.807, 2.05) is 6.92 Å². The molecule has 0 unspecified atom stereocenters. The minimum Gasteiger partial charge on any atom is -0.494 e. The summed E-state index contributed by atoms with van der Waals surface area (Å²) in [6.07, 6.45) is 0.829. The van der Waals surface area contributed by atoms with Crippen molar-refractivity contribution in [1.29, 1.82) is 0 Å². The van der Waals surface area contributed by atoms with E-state index in [0.29, 0.717) is 6.61 Å². The summed E-state index contributed by atoms with van der Waals surface area (Å²) >= 11 is 0. The highest BCUT2D eigenvalue weighted by Crippen LogP contribution is 2.10. The molecule has 0 spiro atoms. The van der Waals surface area contributed by atoms with E-state index in [2.05, 4.69) is 10.5 Å². The zero-order chi connectivity index (χ0) is 13.4. The third kappa shape index (κ3) is 5.11. The van der Waals surface area contributed by atoms with Crippen molar-refractivity contribution in [1.82, 2.24) is 5.43 Å². The van der Waals surface area contributed by atoms with Crippen molar-refractivity contribution >= 4 is 18.1 Å². The lowest BCUT2D eigenvalue weighted by molar-refractivity contribution is -0.140. The van der Waals surface area contributed by atoms with E-state index in [1.54, 1.807) is 24.3 Å². The molecule has 0 bridgehead atoms. The number of ether oxygens (including phenoxy) is 1. The number of amides is 1. The van der Waals surface area contributed by atoms with Gasteiger partial charge in [-0.15, -0.1) is 0 Å². The van der Waals surface area contributed by atoms with Gasteiger partial charge in [0.15, 0.2) is 0 Å². The van der Waals surface area contributed by atoms with Crippen molar-refractivity contribution in [2.24, 2.45) is 5.10 Å². The van der Waals surface area contributed by atoms with Gasteiger partial charge < -0.3 is 9.84 Å². The predicted octanol–water partition coefficient (Wildman–Crippen LogP) is 1.01. The summed E-state index contributed by atoms with van der Waals surface area (Å²) in [5.41, 5.74) is 2.89. The van der Waals surface area contributed by atoms with Gasteiger partial charge in [0.05, 0.1) is 12.8 Å². The van der Waals surface area contributed by atoms with Crippen LogP contribution in [-0.2, 0) is 9.59 Å². The molecule has 2 N–H and O–H groups in total. The average Bonchev–Trinajstić information content (AvgIpc) is 2.31. The molecule has 0 fully saturated rings. The largest absolute Gasteiger partial charge is 0.494 e. The molecule has 6 nitrogen and oxygen atoms in total. The number of hydrogen-bond acceptors (Lipinski definition) is 4. The number of hydrazone groups is 1. The molecule has 0 atom stereocenters. The van der Waals surface area contributed by atoms with Crippen LogP contribution in [0.25, 0.3) is 0 Å². The molecule has 1 aromatic carbocycles. The van der Waals surface area contributed by atoms with E-state index in [0.717, 1.165) is 11.3 Å². The Hall–Kier alpha value is -2.37. The lowest BCUT2D eigenvalue weighted by atomic mass is 10.2.